The molecule has 5 heteroatoms. The molecule has 2 aliphatic rings. The molecule has 0 saturated heterocycles. The second kappa shape index (κ2) is 8.21. The Labute approximate surface area is 200 Å². The first-order valence-electron chi connectivity index (χ1n) is 10.3. The van der Waals surface area contributed by atoms with E-state index in [1.165, 1.54) is 5.56 Å². The van der Waals surface area contributed by atoms with Crippen molar-refractivity contribution in [1.29, 1.82) is 0 Å². The Balaban J connectivity index is 0.00000216. The van der Waals surface area contributed by atoms with Gasteiger partial charge in [-0.3, -0.25) is 0 Å². The van der Waals surface area contributed by atoms with Crippen molar-refractivity contribution in [2.24, 2.45) is 0 Å². The zero-order valence-corrected chi connectivity index (χ0v) is 19.5. The summed E-state index contributed by atoms with van der Waals surface area (Å²) in [6.45, 7) is 2.10. The molecule has 8 bridgehead atoms. The molecule has 154 valence electrons. The number of aromatic amines is 2. The molecule has 2 N–H and O–H groups in total. The fraction of sp³-hybridized carbons (Fsp3) is 0.0370. The summed E-state index contributed by atoms with van der Waals surface area (Å²) in [7, 11) is 0. The second-order valence-corrected chi connectivity index (χ2v) is 7.96. The van der Waals surface area contributed by atoms with E-state index in [1.54, 1.807) is 0 Å². The molecule has 2 aliphatic heterocycles. The largest absolute Gasteiger partial charge is 0.355 e. The van der Waals surface area contributed by atoms with Crippen LogP contribution in [0.25, 0.3) is 45.9 Å². The average Bonchev–Trinajstić information content (AvgIpc) is 3.54. The summed E-state index contributed by atoms with van der Waals surface area (Å²) in [6.07, 6.45) is 6.21. The van der Waals surface area contributed by atoms with E-state index >= 15 is 0 Å². The topological polar surface area (TPSA) is 57.4 Å². The van der Waals surface area contributed by atoms with E-state index < -0.39 is 0 Å². The van der Waals surface area contributed by atoms with E-state index in [4.69, 9.17) is 9.97 Å². The van der Waals surface area contributed by atoms with Crippen molar-refractivity contribution in [3.05, 3.63) is 107 Å². The third-order valence-corrected chi connectivity index (χ3v) is 5.53. The number of benzene rings is 1. The van der Waals surface area contributed by atoms with Crippen molar-refractivity contribution in [1.82, 2.24) is 19.9 Å². The van der Waals surface area contributed by atoms with E-state index in [2.05, 4.69) is 95.8 Å². The van der Waals surface area contributed by atoms with Crippen LogP contribution in [0.3, 0.4) is 0 Å². The van der Waals surface area contributed by atoms with Crippen LogP contribution in [0, 0.1) is 6.92 Å². The van der Waals surface area contributed by atoms with Gasteiger partial charge in [0.05, 0.1) is 22.8 Å². The molecule has 4 nitrogen and oxygen atoms in total. The molecule has 0 fully saturated rings. The SMILES string of the molecule is Cc1ccc(C2=Cc3cc4ccc(cc5nc(cc6ccc(cc2n3)[nH]6)C=C5)[nH]4)cc1.[Mo]. The third kappa shape index (κ3) is 4.02. The number of nitrogens with one attached hydrogen (secondary N) is 2. The molecule has 0 unspecified atom stereocenters. The molecule has 0 atom stereocenters. The quantitative estimate of drug-likeness (QED) is 0.260. The van der Waals surface area contributed by atoms with E-state index in [-0.39, 0.29) is 21.1 Å². The normalized spacial score (nSPS) is 12.3. The van der Waals surface area contributed by atoms with Gasteiger partial charge in [0.2, 0.25) is 0 Å². The van der Waals surface area contributed by atoms with E-state index in [0.29, 0.717) is 0 Å². The van der Waals surface area contributed by atoms with Gasteiger partial charge in [-0.15, -0.1) is 0 Å². The van der Waals surface area contributed by atoms with Gasteiger partial charge in [0.25, 0.3) is 0 Å². The molecule has 1 aromatic carbocycles. The smallest absolute Gasteiger partial charge is 0.0736 e. The predicted molar refractivity (Wildman–Crippen MR) is 128 cm³/mol. The molecule has 0 saturated carbocycles. The van der Waals surface area contributed by atoms with Crippen LogP contribution in [0.4, 0.5) is 0 Å². The van der Waals surface area contributed by atoms with Gasteiger partial charge in [0.1, 0.15) is 0 Å². The molecule has 5 heterocycles. The maximum Gasteiger partial charge on any atom is 0.0736 e. The average molecular weight is 496 g/mol. The summed E-state index contributed by atoms with van der Waals surface area (Å²) in [5.74, 6) is 0. The Hall–Kier alpha value is -3.49. The molecule has 32 heavy (non-hydrogen) atoms. The number of rotatable bonds is 1. The molecule has 0 amide bonds. The Morgan fingerprint density at radius 2 is 1.12 bits per heavy atom. The van der Waals surface area contributed by atoms with Gasteiger partial charge in [-0.25, -0.2) is 9.97 Å². The minimum atomic E-state index is 0. The molecule has 6 rings (SSSR count). The predicted octanol–water partition coefficient (Wildman–Crippen LogP) is 6.38. The standard InChI is InChI=1S/C27H20N4.Mo/c1-17-2-4-18(5-3-17)26-15-25-14-23-9-8-21(29-23)12-19-6-7-20(28-19)13-22-10-11-24(30-22)16-27(26)31-25;/h2-16,29-30H,1H3;. The van der Waals surface area contributed by atoms with Crippen molar-refractivity contribution in [2.45, 2.75) is 6.92 Å². The van der Waals surface area contributed by atoms with Crippen LogP contribution in [0.5, 0.6) is 0 Å². The molecular formula is C27H20MoN4. The summed E-state index contributed by atoms with van der Waals surface area (Å²) in [6, 6.07) is 25.2. The molecular weight excluding hydrogens is 476 g/mol. The zero-order valence-electron chi connectivity index (χ0n) is 17.5. The minimum absolute atomic E-state index is 0. The van der Waals surface area contributed by atoms with E-state index in [1.807, 2.05) is 12.2 Å². The van der Waals surface area contributed by atoms with Crippen molar-refractivity contribution in [3.63, 3.8) is 0 Å². The molecule has 4 aromatic rings. The van der Waals surface area contributed by atoms with Crippen LogP contribution in [0.1, 0.15) is 33.9 Å². The van der Waals surface area contributed by atoms with Gasteiger partial charge in [-0.1, -0.05) is 29.8 Å². The summed E-state index contributed by atoms with van der Waals surface area (Å²) in [4.78, 5) is 16.5. The number of H-pyrrole nitrogens is 2. The number of aromatic nitrogens is 4. The van der Waals surface area contributed by atoms with Crippen molar-refractivity contribution < 1.29 is 21.1 Å². The Morgan fingerprint density at radius 3 is 1.72 bits per heavy atom. The summed E-state index contributed by atoms with van der Waals surface area (Å²) >= 11 is 0. The first-order valence-corrected chi connectivity index (χ1v) is 10.3. The molecule has 0 aliphatic carbocycles. The van der Waals surface area contributed by atoms with Gasteiger partial charge in [-0.05, 0) is 79.2 Å². The first kappa shape index (κ1) is 20.4. The van der Waals surface area contributed by atoms with Crippen molar-refractivity contribution in [3.8, 4) is 0 Å². The van der Waals surface area contributed by atoms with Crippen LogP contribution in [0.15, 0.2) is 72.8 Å². The third-order valence-electron chi connectivity index (χ3n) is 5.53. The summed E-state index contributed by atoms with van der Waals surface area (Å²) in [5.41, 5.74) is 11.3. The van der Waals surface area contributed by atoms with E-state index in [0.717, 1.165) is 56.0 Å². The Morgan fingerprint density at radius 1 is 0.594 bits per heavy atom. The number of hydrogen-bond acceptors (Lipinski definition) is 2. The summed E-state index contributed by atoms with van der Waals surface area (Å²) in [5, 5.41) is 0. The minimum Gasteiger partial charge on any atom is -0.355 e. The van der Waals surface area contributed by atoms with Crippen LogP contribution < -0.4 is 0 Å². The fourth-order valence-electron chi connectivity index (χ4n) is 3.98. The molecule has 0 radical (unpaired) electrons. The van der Waals surface area contributed by atoms with Gasteiger partial charge >= 0.3 is 0 Å². The maximum atomic E-state index is 4.93. The molecule has 0 spiro atoms. The van der Waals surface area contributed by atoms with Crippen LogP contribution in [-0.4, -0.2) is 19.9 Å². The number of hydrogen-bond donors (Lipinski definition) is 2. The van der Waals surface area contributed by atoms with Crippen molar-refractivity contribution in [2.75, 3.05) is 0 Å². The second-order valence-electron chi connectivity index (χ2n) is 7.96. The van der Waals surface area contributed by atoms with Crippen LogP contribution in [-0.2, 0) is 21.1 Å². The summed E-state index contributed by atoms with van der Waals surface area (Å²) < 4.78 is 0. The van der Waals surface area contributed by atoms with Crippen LogP contribution in [0.2, 0.25) is 0 Å². The van der Waals surface area contributed by atoms with Gasteiger partial charge in [0.15, 0.2) is 0 Å². The van der Waals surface area contributed by atoms with Gasteiger partial charge in [0, 0.05) is 48.7 Å². The van der Waals surface area contributed by atoms with E-state index in [9.17, 15) is 0 Å². The monoisotopic (exact) mass is 498 g/mol. The fourth-order valence-corrected chi connectivity index (χ4v) is 3.98. The molecule has 3 aromatic heterocycles. The van der Waals surface area contributed by atoms with Crippen LogP contribution >= 0.6 is 0 Å². The zero-order chi connectivity index (χ0) is 20.8. The maximum absolute atomic E-state index is 4.93. The first-order chi connectivity index (χ1) is 15.2. The van der Waals surface area contributed by atoms with Gasteiger partial charge < -0.3 is 9.97 Å². The van der Waals surface area contributed by atoms with Crippen molar-refractivity contribution >= 4 is 45.9 Å². The Bertz CT molecular complexity index is 1540. The Kier molecular flexibility index (Phi) is 5.24. The number of aryl methyl sites for hydroxylation is 1. The van der Waals surface area contributed by atoms with Gasteiger partial charge in [-0.2, -0.15) is 0 Å². The number of fused-ring (bicyclic) bond motifs is 8. The number of nitrogens with zero attached hydrogens (tertiary/aromatic N) is 2.